The molecule has 2 aromatic rings. The summed E-state index contributed by atoms with van der Waals surface area (Å²) < 4.78 is 0. The molecule has 1 N–H and O–H groups in total. The van der Waals surface area contributed by atoms with Crippen molar-refractivity contribution in [1.29, 1.82) is 0 Å². The van der Waals surface area contributed by atoms with Crippen molar-refractivity contribution in [3.8, 4) is 0 Å². The topological polar surface area (TPSA) is 54.9 Å². The first kappa shape index (κ1) is 11.3. The molecule has 0 saturated carbocycles. The maximum atomic E-state index is 11.8. The summed E-state index contributed by atoms with van der Waals surface area (Å²) in [5.74, 6) is -0.225. The summed E-state index contributed by atoms with van der Waals surface area (Å²) in [6.07, 6.45) is 2.90. The number of anilines is 1. The van der Waals surface area contributed by atoms with Crippen molar-refractivity contribution in [2.45, 2.75) is 13.8 Å². The Bertz CT molecular complexity index is 517. The molecule has 4 heteroatoms. The minimum atomic E-state index is -0.225. The molecule has 1 heterocycles. The summed E-state index contributed by atoms with van der Waals surface area (Å²) in [7, 11) is 0. The van der Waals surface area contributed by atoms with Gasteiger partial charge >= 0.3 is 0 Å². The third kappa shape index (κ3) is 2.87. The molecular formula is C13H13N3O. The van der Waals surface area contributed by atoms with E-state index < -0.39 is 0 Å². The Kier molecular flexibility index (Phi) is 3.14. The molecule has 0 bridgehead atoms. The number of amides is 1. The molecule has 0 aliphatic heterocycles. The van der Waals surface area contributed by atoms with Crippen molar-refractivity contribution in [2.24, 2.45) is 0 Å². The number of aryl methyl sites for hydroxylation is 2. The number of benzene rings is 1. The average Bonchev–Trinajstić information content (AvgIpc) is 2.28. The summed E-state index contributed by atoms with van der Waals surface area (Å²) >= 11 is 0. The molecule has 0 spiro atoms. The van der Waals surface area contributed by atoms with Crippen molar-refractivity contribution in [3.63, 3.8) is 0 Å². The number of nitrogens with one attached hydrogen (secondary N) is 1. The van der Waals surface area contributed by atoms with Gasteiger partial charge in [-0.1, -0.05) is 6.07 Å². The monoisotopic (exact) mass is 227 g/mol. The third-order valence-electron chi connectivity index (χ3n) is 2.29. The van der Waals surface area contributed by atoms with Gasteiger partial charge in [-0.3, -0.25) is 4.79 Å². The van der Waals surface area contributed by atoms with Crippen LogP contribution in [0.15, 0.2) is 36.8 Å². The molecular weight excluding hydrogens is 214 g/mol. The lowest BCUT2D eigenvalue weighted by Crippen LogP contribution is -2.13. The van der Waals surface area contributed by atoms with Gasteiger partial charge in [-0.2, -0.15) is 0 Å². The fraction of sp³-hybridized carbons (Fsp3) is 0.154. The van der Waals surface area contributed by atoms with E-state index in [1.54, 1.807) is 12.3 Å². The maximum Gasteiger partial charge on any atom is 0.274 e. The van der Waals surface area contributed by atoms with Crippen molar-refractivity contribution in [3.05, 3.63) is 53.6 Å². The van der Waals surface area contributed by atoms with E-state index in [0.29, 0.717) is 5.69 Å². The lowest BCUT2D eigenvalue weighted by Gasteiger charge is -2.06. The van der Waals surface area contributed by atoms with Gasteiger partial charge in [0, 0.05) is 11.9 Å². The van der Waals surface area contributed by atoms with Crippen LogP contribution < -0.4 is 5.32 Å². The van der Waals surface area contributed by atoms with Crippen molar-refractivity contribution in [1.82, 2.24) is 9.97 Å². The lowest BCUT2D eigenvalue weighted by atomic mass is 10.1. The number of nitrogens with zero attached hydrogens (tertiary/aromatic N) is 2. The van der Waals surface area contributed by atoms with Crippen LogP contribution in [0.3, 0.4) is 0 Å². The summed E-state index contributed by atoms with van der Waals surface area (Å²) in [5, 5.41) is 2.81. The second-order valence-corrected chi connectivity index (χ2v) is 3.93. The fourth-order valence-electron chi connectivity index (χ4n) is 1.67. The maximum absolute atomic E-state index is 11.8. The van der Waals surface area contributed by atoms with Crippen molar-refractivity contribution < 1.29 is 4.79 Å². The molecule has 17 heavy (non-hydrogen) atoms. The molecule has 1 aromatic carbocycles. The van der Waals surface area contributed by atoms with Crippen LogP contribution in [0.5, 0.6) is 0 Å². The lowest BCUT2D eigenvalue weighted by molar-refractivity contribution is 0.102. The molecule has 0 aliphatic rings. The van der Waals surface area contributed by atoms with Gasteiger partial charge in [-0.15, -0.1) is 0 Å². The zero-order valence-corrected chi connectivity index (χ0v) is 9.77. The van der Waals surface area contributed by atoms with Crippen LogP contribution >= 0.6 is 0 Å². The molecule has 0 atom stereocenters. The van der Waals surface area contributed by atoms with Gasteiger partial charge in [0.25, 0.3) is 5.91 Å². The number of rotatable bonds is 2. The molecule has 0 fully saturated rings. The number of carbonyl (C=O) groups excluding carboxylic acids is 1. The molecule has 0 aliphatic carbocycles. The van der Waals surface area contributed by atoms with Gasteiger partial charge in [0.15, 0.2) is 0 Å². The first-order chi connectivity index (χ1) is 8.15. The first-order valence-corrected chi connectivity index (χ1v) is 5.31. The Morgan fingerprint density at radius 1 is 1.18 bits per heavy atom. The van der Waals surface area contributed by atoms with E-state index in [1.807, 2.05) is 26.0 Å². The van der Waals surface area contributed by atoms with Crippen molar-refractivity contribution in [2.75, 3.05) is 5.32 Å². The van der Waals surface area contributed by atoms with E-state index in [4.69, 9.17) is 0 Å². The predicted octanol–water partition coefficient (Wildman–Crippen LogP) is 2.35. The van der Waals surface area contributed by atoms with Crippen LogP contribution in [0.1, 0.15) is 21.6 Å². The largest absolute Gasteiger partial charge is 0.321 e. The summed E-state index contributed by atoms with van der Waals surface area (Å²) in [6.45, 7) is 3.99. The standard InChI is InChI=1S/C13H13N3O/c1-9-5-10(2)7-11(6-9)16-13(17)12-3-4-14-8-15-12/h3-8H,1-2H3,(H,16,17). The van der Waals surface area contributed by atoms with Gasteiger partial charge in [0.05, 0.1) is 0 Å². The van der Waals surface area contributed by atoms with Crippen LogP contribution in [0.2, 0.25) is 0 Å². The molecule has 4 nitrogen and oxygen atoms in total. The SMILES string of the molecule is Cc1cc(C)cc(NC(=O)c2ccncn2)c1. The number of hydrogen-bond donors (Lipinski definition) is 1. The number of hydrogen-bond acceptors (Lipinski definition) is 3. The number of carbonyl (C=O) groups is 1. The molecule has 0 radical (unpaired) electrons. The molecule has 2 rings (SSSR count). The highest BCUT2D eigenvalue weighted by Gasteiger charge is 2.07. The van der Waals surface area contributed by atoms with Crippen molar-refractivity contribution >= 4 is 11.6 Å². The Balaban J connectivity index is 2.19. The minimum absolute atomic E-state index is 0.225. The van der Waals surface area contributed by atoms with E-state index in [9.17, 15) is 4.79 Å². The Morgan fingerprint density at radius 3 is 2.47 bits per heavy atom. The normalized spacial score (nSPS) is 10.0. The fourth-order valence-corrected chi connectivity index (χ4v) is 1.67. The van der Waals surface area contributed by atoms with E-state index in [1.165, 1.54) is 6.33 Å². The highest BCUT2D eigenvalue weighted by atomic mass is 16.1. The van der Waals surface area contributed by atoms with E-state index in [-0.39, 0.29) is 5.91 Å². The highest BCUT2D eigenvalue weighted by molar-refractivity contribution is 6.02. The first-order valence-electron chi connectivity index (χ1n) is 5.31. The third-order valence-corrected chi connectivity index (χ3v) is 2.29. The van der Waals surface area contributed by atoms with Crippen LogP contribution in [-0.2, 0) is 0 Å². The molecule has 1 aromatic heterocycles. The van der Waals surface area contributed by atoms with Crippen LogP contribution in [0.4, 0.5) is 5.69 Å². The second kappa shape index (κ2) is 4.74. The summed E-state index contributed by atoms with van der Waals surface area (Å²) in [4.78, 5) is 19.5. The highest BCUT2D eigenvalue weighted by Crippen LogP contribution is 2.14. The average molecular weight is 227 g/mol. The molecule has 86 valence electrons. The Labute approximate surface area is 99.7 Å². The summed E-state index contributed by atoms with van der Waals surface area (Å²) in [5.41, 5.74) is 3.37. The van der Waals surface area contributed by atoms with Crippen LogP contribution in [0, 0.1) is 13.8 Å². The van der Waals surface area contributed by atoms with Gasteiger partial charge < -0.3 is 5.32 Å². The smallest absolute Gasteiger partial charge is 0.274 e. The second-order valence-electron chi connectivity index (χ2n) is 3.93. The minimum Gasteiger partial charge on any atom is -0.321 e. The van der Waals surface area contributed by atoms with Gasteiger partial charge in [-0.25, -0.2) is 9.97 Å². The predicted molar refractivity (Wildman–Crippen MR) is 65.9 cm³/mol. The zero-order valence-electron chi connectivity index (χ0n) is 9.77. The Morgan fingerprint density at radius 2 is 1.88 bits per heavy atom. The number of aromatic nitrogens is 2. The van der Waals surface area contributed by atoms with Gasteiger partial charge in [0.2, 0.25) is 0 Å². The zero-order chi connectivity index (χ0) is 12.3. The summed E-state index contributed by atoms with van der Waals surface area (Å²) in [6, 6.07) is 7.48. The van der Waals surface area contributed by atoms with Crippen LogP contribution in [-0.4, -0.2) is 15.9 Å². The quantitative estimate of drug-likeness (QED) is 0.856. The van der Waals surface area contributed by atoms with E-state index >= 15 is 0 Å². The van der Waals surface area contributed by atoms with E-state index in [0.717, 1.165) is 16.8 Å². The molecule has 0 saturated heterocycles. The van der Waals surface area contributed by atoms with E-state index in [2.05, 4.69) is 21.4 Å². The Hall–Kier alpha value is -2.23. The molecule has 1 amide bonds. The van der Waals surface area contributed by atoms with Gasteiger partial charge in [-0.05, 0) is 43.2 Å². The molecule has 0 unspecified atom stereocenters. The van der Waals surface area contributed by atoms with Crippen LogP contribution in [0.25, 0.3) is 0 Å². The van der Waals surface area contributed by atoms with Gasteiger partial charge in [0.1, 0.15) is 12.0 Å².